The van der Waals surface area contributed by atoms with E-state index in [2.05, 4.69) is 5.32 Å². The summed E-state index contributed by atoms with van der Waals surface area (Å²) in [4.78, 5) is 50.3. The number of nitrogens with zero attached hydrogens (tertiary/aromatic N) is 1. The highest BCUT2D eigenvalue weighted by Crippen LogP contribution is 2.41. The third kappa shape index (κ3) is 5.21. The lowest BCUT2D eigenvalue weighted by Crippen LogP contribution is -2.36. The fourth-order valence-corrected chi connectivity index (χ4v) is 4.09. The number of imide groups is 1. The van der Waals surface area contributed by atoms with Gasteiger partial charge in [-0.2, -0.15) is 0 Å². The van der Waals surface area contributed by atoms with E-state index in [1.165, 1.54) is 19.3 Å². The maximum Gasteiger partial charge on any atom is 0.336 e. The molecule has 1 unspecified atom stereocenters. The average Bonchev–Trinajstić information content (AvgIpc) is 3.13. The first-order valence-corrected chi connectivity index (χ1v) is 11.0. The molecule has 2 heterocycles. The Labute approximate surface area is 202 Å². The minimum absolute atomic E-state index is 0.0455. The van der Waals surface area contributed by atoms with Crippen molar-refractivity contribution in [1.29, 1.82) is 0 Å². The van der Waals surface area contributed by atoms with E-state index in [0.29, 0.717) is 22.0 Å². The lowest BCUT2D eigenvalue weighted by molar-refractivity contribution is -0.139. The minimum Gasteiger partial charge on any atom is -0.466 e. The number of ether oxygens (including phenoxy) is 3. The number of esters is 2. The normalized spacial score (nSPS) is 17.9. The van der Waals surface area contributed by atoms with Crippen LogP contribution in [0.25, 0.3) is 0 Å². The quantitative estimate of drug-likeness (QED) is 0.320. The van der Waals surface area contributed by atoms with E-state index in [9.17, 15) is 19.2 Å². The zero-order valence-electron chi connectivity index (χ0n) is 19.1. The zero-order chi connectivity index (χ0) is 24.8. The number of hydrogen-bond donors (Lipinski definition) is 1. The number of nitrogens with one attached hydrogen (secondary N) is 1. The number of dihydropyridines is 1. The summed E-state index contributed by atoms with van der Waals surface area (Å²) < 4.78 is 16.0. The Balaban J connectivity index is 1.95. The van der Waals surface area contributed by atoms with E-state index < -0.39 is 29.7 Å². The third-order valence-electron chi connectivity index (χ3n) is 5.37. The fourth-order valence-electron chi connectivity index (χ4n) is 3.84. The van der Waals surface area contributed by atoms with Gasteiger partial charge in [-0.05, 0) is 25.5 Å². The van der Waals surface area contributed by atoms with Gasteiger partial charge in [-0.25, -0.2) is 9.59 Å². The SMILES string of the molecule is CCOC(=O)C1=C(COCCN2C(=O)C=CC2=O)NC(C)=C(C(=O)OC)C1c1ccccc1Cl. The molecule has 10 heteroatoms. The summed E-state index contributed by atoms with van der Waals surface area (Å²) in [6.45, 7) is 3.52. The molecule has 0 spiro atoms. The first kappa shape index (κ1) is 25.2. The van der Waals surface area contributed by atoms with Crippen molar-refractivity contribution < 1.29 is 33.4 Å². The Hall–Kier alpha value is -3.43. The summed E-state index contributed by atoms with van der Waals surface area (Å²) in [7, 11) is 1.26. The van der Waals surface area contributed by atoms with Gasteiger partial charge < -0.3 is 19.5 Å². The second-order valence-corrected chi connectivity index (χ2v) is 7.84. The van der Waals surface area contributed by atoms with Gasteiger partial charge in [0.15, 0.2) is 0 Å². The van der Waals surface area contributed by atoms with Crippen LogP contribution in [-0.2, 0) is 33.4 Å². The molecule has 0 aromatic heterocycles. The Morgan fingerprint density at radius 1 is 1.09 bits per heavy atom. The van der Waals surface area contributed by atoms with Gasteiger partial charge >= 0.3 is 11.9 Å². The Kier molecular flexibility index (Phi) is 8.25. The van der Waals surface area contributed by atoms with Crippen molar-refractivity contribution in [2.75, 3.05) is 33.5 Å². The third-order valence-corrected chi connectivity index (χ3v) is 5.71. The highest BCUT2D eigenvalue weighted by molar-refractivity contribution is 6.31. The van der Waals surface area contributed by atoms with Crippen LogP contribution in [0.1, 0.15) is 25.3 Å². The molecule has 9 nitrogen and oxygen atoms in total. The molecule has 3 rings (SSSR count). The van der Waals surface area contributed by atoms with Gasteiger partial charge in [0.25, 0.3) is 11.8 Å². The van der Waals surface area contributed by atoms with Gasteiger partial charge in [0, 0.05) is 22.9 Å². The number of carbonyl (C=O) groups is 4. The molecule has 2 aliphatic heterocycles. The minimum atomic E-state index is -0.856. The Bertz CT molecular complexity index is 1090. The maximum absolute atomic E-state index is 13.1. The second kappa shape index (κ2) is 11.1. The molecular weight excluding hydrogens is 464 g/mol. The van der Waals surface area contributed by atoms with Crippen LogP contribution < -0.4 is 5.32 Å². The van der Waals surface area contributed by atoms with Crippen LogP contribution in [-0.4, -0.2) is 62.1 Å². The van der Waals surface area contributed by atoms with Crippen molar-refractivity contribution in [2.45, 2.75) is 19.8 Å². The number of rotatable bonds is 9. The molecule has 180 valence electrons. The summed E-state index contributed by atoms with van der Waals surface area (Å²) >= 11 is 6.46. The number of amides is 2. The number of methoxy groups -OCH3 is 1. The lowest BCUT2D eigenvalue weighted by Gasteiger charge is -2.31. The molecule has 1 atom stereocenters. The summed E-state index contributed by atoms with van der Waals surface area (Å²) in [5, 5.41) is 3.43. The van der Waals surface area contributed by atoms with Crippen LogP contribution in [0.2, 0.25) is 5.02 Å². The van der Waals surface area contributed by atoms with Crippen LogP contribution in [0.5, 0.6) is 0 Å². The van der Waals surface area contributed by atoms with Gasteiger partial charge in [-0.1, -0.05) is 29.8 Å². The number of carbonyl (C=O) groups excluding carboxylic acids is 4. The monoisotopic (exact) mass is 488 g/mol. The standard InChI is InChI=1S/C24H25ClN2O7/c1-4-34-24(31)22-17(13-33-12-11-27-18(28)9-10-19(27)29)26-14(2)20(23(30)32-3)21(22)15-7-5-6-8-16(15)25/h5-10,21,26H,4,11-13H2,1-3H3. The summed E-state index contributed by atoms with van der Waals surface area (Å²) in [6.07, 6.45) is 2.40. The van der Waals surface area contributed by atoms with E-state index in [1.54, 1.807) is 38.1 Å². The van der Waals surface area contributed by atoms with E-state index >= 15 is 0 Å². The molecule has 0 radical (unpaired) electrons. The molecule has 2 amide bonds. The van der Waals surface area contributed by atoms with E-state index in [1.807, 2.05) is 0 Å². The molecule has 0 saturated heterocycles. The number of benzene rings is 1. The summed E-state index contributed by atoms with van der Waals surface area (Å²) in [6, 6.07) is 6.89. The van der Waals surface area contributed by atoms with Crippen molar-refractivity contribution in [1.82, 2.24) is 10.2 Å². The molecule has 1 N–H and O–H groups in total. The van der Waals surface area contributed by atoms with Crippen molar-refractivity contribution in [3.63, 3.8) is 0 Å². The molecule has 0 aliphatic carbocycles. The number of allylic oxidation sites excluding steroid dienone is 1. The smallest absolute Gasteiger partial charge is 0.336 e. The summed E-state index contributed by atoms with van der Waals surface area (Å²) in [5.74, 6) is -2.92. The highest BCUT2D eigenvalue weighted by Gasteiger charge is 2.39. The number of hydrogen-bond acceptors (Lipinski definition) is 8. The fraction of sp³-hybridized carbons (Fsp3) is 0.333. The first-order chi connectivity index (χ1) is 16.3. The Morgan fingerprint density at radius 3 is 2.38 bits per heavy atom. The largest absolute Gasteiger partial charge is 0.466 e. The molecular formula is C24H25ClN2O7. The second-order valence-electron chi connectivity index (χ2n) is 7.44. The van der Waals surface area contributed by atoms with Gasteiger partial charge in [0.05, 0.1) is 56.2 Å². The summed E-state index contributed by atoms with van der Waals surface area (Å²) in [5.41, 5.74) is 1.77. The van der Waals surface area contributed by atoms with Crippen molar-refractivity contribution >= 4 is 35.4 Å². The molecule has 2 aliphatic rings. The molecule has 0 saturated carbocycles. The van der Waals surface area contributed by atoms with Crippen molar-refractivity contribution in [2.24, 2.45) is 0 Å². The molecule has 1 aromatic rings. The van der Waals surface area contributed by atoms with Gasteiger partial charge in [0.2, 0.25) is 0 Å². The zero-order valence-corrected chi connectivity index (χ0v) is 19.8. The average molecular weight is 489 g/mol. The predicted octanol–water partition coefficient (Wildman–Crippen LogP) is 2.23. The molecule has 1 aromatic carbocycles. The van der Waals surface area contributed by atoms with Crippen LogP contribution >= 0.6 is 11.6 Å². The highest BCUT2D eigenvalue weighted by atomic mass is 35.5. The van der Waals surface area contributed by atoms with Gasteiger partial charge in [-0.15, -0.1) is 0 Å². The molecule has 0 bridgehead atoms. The topological polar surface area (TPSA) is 111 Å². The Morgan fingerprint density at radius 2 is 1.76 bits per heavy atom. The van der Waals surface area contributed by atoms with Crippen LogP contribution in [0.4, 0.5) is 0 Å². The first-order valence-electron chi connectivity index (χ1n) is 10.6. The number of halogens is 1. The van der Waals surface area contributed by atoms with Gasteiger partial charge in [0.1, 0.15) is 0 Å². The lowest BCUT2D eigenvalue weighted by atomic mass is 9.80. The van der Waals surface area contributed by atoms with Gasteiger partial charge in [-0.3, -0.25) is 14.5 Å². The molecule has 34 heavy (non-hydrogen) atoms. The van der Waals surface area contributed by atoms with Crippen LogP contribution in [0, 0.1) is 0 Å². The van der Waals surface area contributed by atoms with Crippen LogP contribution in [0.3, 0.4) is 0 Å². The predicted molar refractivity (Wildman–Crippen MR) is 122 cm³/mol. The van der Waals surface area contributed by atoms with E-state index in [-0.39, 0.29) is 37.5 Å². The van der Waals surface area contributed by atoms with Crippen molar-refractivity contribution in [3.05, 3.63) is 69.5 Å². The maximum atomic E-state index is 13.1. The molecule has 0 fully saturated rings. The van der Waals surface area contributed by atoms with Crippen LogP contribution in [0.15, 0.2) is 59.0 Å². The van der Waals surface area contributed by atoms with E-state index in [0.717, 1.165) is 4.90 Å². The van der Waals surface area contributed by atoms with E-state index in [4.69, 9.17) is 25.8 Å². The van der Waals surface area contributed by atoms with Crippen molar-refractivity contribution in [3.8, 4) is 0 Å².